The molecule has 0 saturated carbocycles. The number of hydrogen-bond donors (Lipinski definition) is 2. The van der Waals surface area contributed by atoms with Crippen LogP contribution in [-0.2, 0) is 10.2 Å². The van der Waals surface area contributed by atoms with Gasteiger partial charge in [-0.15, -0.1) is 0 Å². The molecule has 8 heteroatoms. The summed E-state index contributed by atoms with van der Waals surface area (Å²) >= 11 is 0. The first kappa shape index (κ1) is 18.6. The van der Waals surface area contributed by atoms with Crippen LogP contribution in [0, 0.1) is 5.39 Å². The van der Waals surface area contributed by atoms with E-state index in [0.717, 1.165) is 24.2 Å². The highest BCUT2D eigenvalue weighted by atomic mass is 16.5. The Kier molecular flexibility index (Phi) is 5.84. The summed E-state index contributed by atoms with van der Waals surface area (Å²) in [5, 5.41) is 14.3. The maximum absolute atomic E-state index is 12.5. The summed E-state index contributed by atoms with van der Waals surface area (Å²) < 4.78 is 10.8. The maximum atomic E-state index is 12.5. The molecule has 0 atom stereocenters. The van der Waals surface area contributed by atoms with Crippen molar-refractivity contribution in [2.75, 3.05) is 32.3 Å². The molecule has 1 aromatic carbocycles. The van der Waals surface area contributed by atoms with E-state index in [1.807, 2.05) is 12.1 Å². The molecule has 1 aromatic heterocycles. The molecule has 0 bridgehead atoms. The topological polar surface area (TPSA) is 101 Å². The van der Waals surface area contributed by atoms with Gasteiger partial charge in [0.25, 0.3) is 11.3 Å². The number of diazo groups is 1. The fourth-order valence-corrected chi connectivity index (χ4v) is 3.27. The number of nitrogens with one attached hydrogen (secondary N) is 2. The highest BCUT2D eigenvalue weighted by molar-refractivity contribution is 5.94. The van der Waals surface area contributed by atoms with E-state index in [-0.39, 0.29) is 11.3 Å². The number of nitrogens with zero attached hydrogens (tertiary/aromatic N) is 3. The van der Waals surface area contributed by atoms with Crippen molar-refractivity contribution in [1.82, 2.24) is 10.3 Å². The highest BCUT2D eigenvalue weighted by Crippen LogP contribution is 2.35. The Labute approximate surface area is 157 Å². The molecule has 1 saturated heterocycles. The molecule has 2 heterocycles. The molecule has 3 rings (SSSR count). The van der Waals surface area contributed by atoms with Gasteiger partial charge in [0.1, 0.15) is 5.75 Å². The second-order valence-electron chi connectivity index (χ2n) is 6.45. The predicted molar refractivity (Wildman–Crippen MR) is 100 cm³/mol. The van der Waals surface area contributed by atoms with Gasteiger partial charge in [-0.2, -0.15) is 0 Å². The van der Waals surface area contributed by atoms with E-state index in [0.29, 0.717) is 31.1 Å². The summed E-state index contributed by atoms with van der Waals surface area (Å²) in [6, 6.07) is 11.2. The highest BCUT2D eigenvalue weighted by Gasteiger charge is 2.35. The zero-order chi connectivity index (χ0) is 19.1. The molecule has 1 fully saturated rings. The number of carbonyl (C=O) groups is 1. The summed E-state index contributed by atoms with van der Waals surface area (Å²) in [6.07, 6.45) is 3.10. The van der Waals surface area contributed by atoms with Crippen LogP contribution in [0.4, 0.5) is 5.82 Å². The first-order valence-electron chi connectivity index (χ1n) is 8.73. The molecule has 0 unspecified atom stereocenters. The first-order valence-corrected chi connectivity index (χ1v) is 8.73. The van der Waals surface area contributed by atoms with Gasteiger partial charge in [0.15, 0.2) is 0 Å². The fraction of sp³-hybridized carbons (Fsp3) is 0.368. The Hall–Kier alpha value is -3.18. The summed E-state index contributed by atoms with van der Waals surface area (Å²) in [6.45, 7) is 1.83. The number of carbonyl (C=O) groups excluding carboxylic acids is 1. The molecular formula is C19H22N5O3+. The van der Waals surface area contributed by atoms with Gasteiger partial charge < -0.3 is 14.8 Å². The van der Waals surface area contributed by atoms with Crippen molar-refractivity contribution in [2.45, 2.75) is 18.3 Å². The largest absolute Gasteiger partial charge is 0.497 e. The van der Waals surface area contributed by atoms with Gasteiger partial charge in [-0.1, -0.05) is 12.1 Å². The molecule has 1 aliphatic rings. The quantitative estimate of drug-likeness (QED) is 0.601. The van der Waals surface area contributed by atoms with Crippen LogP contribution in [0.1, 0.15) is 28.8 Å². The Morgan fingerprint density at radius 1 is 1.26 bits per heavy atom. The van der Waals surface area contributed by atoms with Gasteiger partial charge >= 0.3 is 5.08 Å². The number of benzene rings is 1. The Balaban J connectivity index is 1.72. The lowest BCUT2D eigenvalue weighted by Gasteiger charge is -2.38. The second kappa shape index (κ2) is 8.47. The lowest BCUT2D eigenvalue weighted by atomic mass is 9.74. The van der Waals surface area contributed by atoms with E-state index in [9.17, 15) is 4.79 Å². The number of methoxy groups -OCH3 is 1. The van der Waals surface area contributed by atoms with Crippen LogP contribution in [0.15, 0.2) is 42.6 Å². The van der Waals surface area contributed by atoms with Crippen LogP contribution in [0.2, 0.25) is 0 Å². The number of aromatic nitrogens is 1. The average molecular weight is 368 g/mol. The maximum Gasteiger partial charge on any atom is 0.309 e. The van der Waals surface area contributed by atoms with Crippen molar-refractivity contribution in [3.8, 4) is 5.75 Å². The third-order valence-corrected chi connectivity index (χ3v) is 4.93. The summed E-state index contributed by atoms with van der Waals surface area (Å²) in [7, 11) is 1.64. The normalized spacial score (nSPS) is 15.4. The van der Waals surface area contributed by atoms with Crippen LogP contribution in [-0.4, -0.2) is 37.8 Å². The molecule has 27 heavy (non-hydrogen) atoms. The van der Waals surface area contributed by atoms with Crippen LogP contribution in [0.3, 0.4) is 0 Å². The number of hydrogen-bond acceptors (Lipinski definition) is 6. The minimum absolute atomic E-state index is 0.176. The van der Waals surface area contributed by atoms with Crippen LogP contribution >= 0.6 is 0 Å². The summed E-state index contributed by atoms with van der Waals surface area (Å²) in [4.78, 5) is 16.6. The third-order valence-electron chi connectivity index (χ3n) is 4.93. The standard InChI is InChI=1S/C19H21N5O3/c1-26-16-5-3-15(4-6-16)19(8-10-27-11-9-19)13-22-18(25)14-2-7-17(21-12-14)23-24-20/h2-7,12H,8-11,13H2,1H3,(H-,21,22,23,25)/p+1. The van der Waals surface area contributed by atoms with Crippen molar-refractivity contribution < 1.29 is 14.3 Å². The van der Waals surface area contributed by atoms with Gasteiger partial charge in [-0.3, -0.25) is 4.79 Å². The SMILES string of the molecule is COc1ccc(C2(CNC(=O)c3ccc(N[N+]#N)nc3)CCOCC2)cc1. The number of pyridine rings is 1. The number of amides is 1. The van der Waals surface area contributed by atoms with Crippen LogP contribution < -0.4 is 15.5 Å². The second-order valence-corrected chi connectivity index (χ2v) is 6.45. The van der Waals surface area contributed by atoms with Crippen molar-refractivity contribution in [2.24, 2.45) is 0 Å². The van der Waals surface area contributed by atoms with Gasteiger partial charge in [0, 0.05) is 36.8 Å². The molecule has 140 valence electrons. The van der Waals surface area contributed by atoms with Crippen LogP contribution in [0.5, 0.6) is 5.75 Å². The Morgan fingerprint density at radius 2 is 2.00 bits per heavy atom. The van der Waals surface area contributed by atoms with Gasteiger partial charge in [-0.25, -0.2) is 4.98 Å². The molecule has 8 nitrogen and oxygen atoms in total. The van der Waals surface area contributed by atoms with E-state index in [1.165, 1.54) is 6.20 Å². The number of rotatable bonds is 6. The van der Waals surface area contributed by atoms with E-state index in [2.05, 4.69) is 32.9 Å². The molecule has 2 aromatic rings. The monoisotopic (exact) mass is 368 g/mol. The molecule has 2 N–H and O–H groups in total. The van der Waals surface area contributed by atoms with E-state index < -0.39 is 0 Å². The lowest BCUT2D eigenvalue weighted by Crippen LogP contribution is -2.44. The van der Waals surface area contributed by atoms with Gasteiger partial charge in [-0.05, 0) is 42.7 Å². The number of anilines is 1. The van der Waals surface area contributed by atoms with Gasteiger partial charge in [0.05, 0.1) is 12.7 Å². The smallest absolute Gasteiger partial charge is 0.309 e. The van der Waals surface area contributed by atoms with Gasteiger partial charge in [0.2, 0.25) is 5.82 Å². The predicted octanol–water partition coefficient (Wildman–Crippen LogP) is 2.75. The van der Waals surface area contributed by atoms with Crippen molar-refractivity contribution >= 4 is 11.7 Å². The van der Waals surface area contributed by atoms with Crippen molar-refractivity contribution in [1.29, 1.82) is 5.39 Å². The van der Waals surface area contributed by atoms with Crippen LogP contribution in [0.25, 0.3) is 5.08 Å². The Bertz CT molecular complexity index is 809. The fourth-order valence-electron chi connectivity index (χ4n) is 3.27. The average Bonchev–Trinajstić information content (AvgIpc) is 2.73. The molecule has 1 amide bonds. The first-order chi connectivity index (χ1) is 13.2. The molecule has 0 spiro atoms. The van der Waals surface area contributed by atoms with Crippen molar-refractivity contribution in [3.63, 3.8) is 0 Å². The van der Waals surface area contributed by atoms with Crippen molar-refractivity contribution in [3.05, 3.63) is 58.8 Å². The molecule has 0 radical (unpaired) electrons. The zero-order valence-corrected chi connectivity index (χ0v) is 15.1. The van der Waals surface area contributed by atoms with E-state index >= 15 is 0 Å². The summed E-state index contributed by atoms with van der Waals surface area (Å²) in [5.41, 5.74) is 3.73. The summed E-state index contributed by atoms with van der Waals surface area (Å²) in [5.74, 6) is 0.960. The molecule has 1 aliphatic heterocycles. The number of ether oxygens (including phenoxy) is 2. The minimum Gasteiger partial charge on any atom is -0.497 e. The molecule has 0 aliphatic carbocycles. The Morgan fingerprint density at radius 3 is 2.59 bits per heavy atom. The van der Waals surface area contributed by atoms with E-state index in [1.54, 1.807) is 19.2 Å². The molecular weight excluding hydrogens is 346 g/mol. The third kappa shape index (κ3) is 4.33. The minimum atomic E-state index is -0.200. The zero-order valence-electron chi connectivity index (χ0n) is 15.1. The lowest BCUT2D eigenvalue weighted by molar-refractivity contribution is 0.0487. The van der Waals surface area contributed by atoms with E-state index in [4.69, 9.17) is 14.9 Å².